The molecule has 15 heavy (non-hydrogen) atoms. The smallest absolute Gasteiger partial charge is 0.0593 e. The number of hydrogen-bond donors (Lipinski definition) is 1. The Morgan fingerprint density at radius 1 is 1.07 bits per heavy atom. The minimum absolute atomic E-state index is 0.726. The lowest BCUT2D eigenvalue weighted by molar-refractivity contribution is 0.0843. The van der Waals surface area contributed by atoms with Crippen LogP contribution in [0.2, 0.25) is 0 Å². The molecule has 0 rings (SSSR count). The molecule has 4 nitrogen and oxygen atoms in total. The fourth-order valence-electron chi connectivity index (χ4n) is 1.44. The Kier molecular flexibility index (Phi) is 11.8. The van der Waals surface area contributed by atoms with E-state index in [0.717, 1.165) is 52.4 Å². The maximum absolute atomic E-state index is 5.53. The van der Waals surface area contributed by atoms with Crippen LogP contribution in [0.25, 0.3) is 0 Å². The zero-order valence-corrected chi connectivity index (χ0v) is 10.2. The summed E-state index contributed by atoms with van der Waals surface area (Å²) < 4.78 is 10.4. The van der Waals surface area contributed by atoms with E-state index in [2.05, 4.69) is 11.8 Å². The van der Waals surface area contributed by atoms with Gasteiger partial charge < -0.3 is 15.2 Å². The molecule has 92 valence electrons. The topological polar surface area (TPSA) is 47.7 Å². The second-order valence-electron chi connectivity index (χ2n) is 3.59. The third kappa shape index (κ3) is 10.1. The van der Waals surface area contributed by atoms with Crippen LogP contribution in [-0.4, -0.2) is 58.0 Å². The zero-order chi connectivity index (χ0) is 11.4. The van der Waals surface area contributed by atoms with Crippen LogP contribution in [-0.2, 0) is 9.47 Å². The fraction of sp³-hybridized carbons (Fsp3) is 1.00. The molecular formula is C11H26N2O2. The summed E-state index contributed by atoms with van der Waals surface area (Å²) in [6, 6.07) is 0. The first-order valence-corrected chi connectivity index (χ1v) is 5.84. The highest BCUT2D eigenvalue weighted by Crippen LogP contribution is 1.91. The predicted molar refractivity (Wildman–Crippen MR) is 63.1 cm³/mol. The van der Waals surface area contributed by atoms with Crippen LogP contribution in [0.1, 0.15) is 19.8 Å². The van der Waals surface area contributed by atoms with Crippen molar-refractivity contribution in [3.05, 3.63) is 0 Å². The van der Waals surface area contributed by atoms with Gasteiger partial charge in [-0.25, -0.2) is 0 Å². The molecule has 0 heterocycles. The van der Waals surface area contributed by atoms with E-state index in [4.69, 9.17) is 15.2 Å². The highest BCUT2D eigenvalue weighted by molar-refractivity contribution is 4.56. The summed E-state index contributed by atoms with van der Waals surface area (Å²) in [6.45, 7) is 8.33. The molecule has 0 aliphatic heterocycles. The van der Waals surface area contributed by atoms with Crippen molar-refractivity contribution < 1.29 is 9.47 Å². The number of nitrogens with zero attached hydrogens (tertiary/aromatic N) is 1. The molecule has 0 aromatic heterocycles. The number of ether oxygens (including phenoxy) is 2. The van der Waals surface area contributed by atoms with E-state index in [1.165, 1.54) is 6.42 Å². The Labute approximate surface area is 93.7 Å². The Balaban J connectivity index is 3.28. The predicted octanol–water partition coefficient (Wildman–Crippen LogP) is 0.710. The van der Waals surface area contributed by atoms with Crippen LogP contribution >= 0.6 is 0 Å². The summed E-state index contributed by atoms with van der Waals surface area (Å²) >= 11 is 0. The van der Waals surface area contributed by atoms with Crippen molar-refractivity contribution in [2.75, 3.05) is 53.1 Å². The monoisotopic (exact) mass is 218 g/mol. The minimum atomic E-state index is 0.726. The molecule has 0 unspecified atom stereocenters. The second kappa shape index (κ2) is 11.9. The Morgan fingerprint density at radius 2 is 1.87 bits per heavy atom. The van der Waals surface area contributed by atoms with E-state index in [-0.39, 0.29) is 0 Å². The van der Waals surface area contributed by atoms with Crippen molar-refractivity contribution >= 4 is 0 Å². The minimum Gasteiger partial charge on any atom is -0.385 e. The van der Waals surface area contributed by atoms with E-state index in [0.29, 0.717) is 0 Å². The Hall–Kier alpha value is -0.160. The van der Waals surface area contributed by atoms with Gasteiger partial charge in [0, 0.05) is 40.0 Å². The molecule has 0 aliphatic rings. The molecule has 0 fully saturated rings. The molecule has 0 aromatic carbocycles. The first-order chi connectivity index (χ1) is 7.35. The van der Waals surface area contributed by atoms with Crippen LogP contribution in [0.4, 0.5) is 0 Å². The highest BCUT2D eigenvalue weighted by Gasteiger charge is 2.01. The maximum Gasteiger partial charge on any atom is 0.0593 e. The van der Waals surface area contributed by atoms with E-state index in [9.17, 15) is 0 Å². The molecule has 0 saturated carbocycles. The van der Waals surface area contributed by atoms with Gasteiger partial charge in [0.25, 0.3) is 0 Å². The first kappa shape index (κ1) is 14.8. The third-order valence-corrected chi connectivity index (χ3v) is 2.17. The quantitative estimate of drug-likeness (QED) is 0.519. The molecule has 4 heteroatoms. The second-order valence-corrected chi connectivity index (χ2v) is 3.59. The number of nitrogens with two attached hydrogens (primary N) is 1. The average Bonchev–Trinajstić information content (AvgIpc) is 2.24. The van der Waals surface area contributed by atoms with Gasteiger partial charge in [-0.15, -0.1) is 0 Å². The van der Waals surface area contributed by atoms with Crippen molar-refractivity contribution in [1.82, 2.24) is 4.90 Å². The van der Waals surface area contributed by atoms with Gasteiger partial charge in [0.05, 0.1) is 6.61 Å². The lowest BCUT2D eigenvalue weighted by atomic mass is 10.4. The van der Waals surface area contributed by atoms with Gasteiger partial charge in [0.1, 0.15) is 0 Å². The van der Waals surface area contributed by atoms with Crippen molar-refractivity contribution in [1.29, 1.82) is 0 Å². The molecule has 0 amide bonds. The van der Waals surface area contributed by atoms with Crippen LogP contribution in [0.15, 0.2) is 0 Å². The molecule has 2 N–H and O–H groups in total. The SMILES string of the molecule is CCCN(CCN)CCOCCCOC. The van der Waals surface area contributed by atoms with Gasteiger partial charge in [-0.3, -0.25) is 4.90 Å². The first-order valence-electron chi connectivity index (χ1n) is 5.84. The van der Waals surface area contributed by atoms with E-state index < -0.39 is 0 Å². The molecule has 0 radical (unpaired) electrons. The van der Waals surface area contributed by atoms with Crippen molar-refractivity contribution in [2.45, 2.75) is 19.8 Å². The molecule has 0 aromatic rings. The molecule has 0 bridgehead atoms. The highest BCUT2D eigenvalue weighted by atomic mass is 16.5. The molecule has 0 saturated heterocycles. The van der Waals surface area contributed by atoms with Crippen molar-refractivity contribution in [3.63, 3.8) is 0 Å². The Morgan fingerprint density at radius 3 is 2.47 bits per heavy atom. The van der Waals surface area contributed by atoms with Crippen LogP contribution in [0, 0.1) is 0 Å². The summed E-state index contributed by atoms with van der Waals surface area (Å²) in [6.07, 6.45) is 2.14. The van der Waals surface area contributed by atoms with Gasteiger partial charge in [0.15, 0.2) is 0 Å². The van der Waals surface area contributed by atoms with Gasteiger partial charge in [0.2, 0.25) is 0 Å². The number of rotatable bonds is 11. The van der Waals surface area contributed by atoms with Gasteiger partial charge in [-0.1, -0.05) is 6.92 Å². The normalized spacial score (nSPS) is 11.2. The summed E-state index contributed by atoms with van der Waals surface area (Å²) in [4.78, 5) is 2.34. The van der Waals surface area contributed by atoms with Crippen LogP contribution in [0.3, 0.4) is 0 Å². The van der Waals surface area contributed by atoms with Gasteiger partial charge in [-0.2, -0.15) is 0 Å². The van der Waals surface area contributed by atoms with Crippen molar-refractivity contribution in [2.24, 2.45) is 5.73 Å². The van der Waals surface area contributed by atoms with Gasteiger partial charge in [-0.05, 0) is 19.4 Å². The molecule has 0 atom stereocenters. The molecular weight excluding hydrogens is 192 g/mol. The summed E-state index contributed by atoms with van der Waals surface area (Å²) in [5.41, 5.74) is 5.53. The van der Waals surface area contributed by atoms with E-state index in [1.54, 1.807) is 7.11 Å². The third-order valence-electron chi connectivity index (χ3n) is 2.17. The molecule has 0 spiro atoms. The number of methoxy groups -OCH3 is 1. The zero-order valence-electron chi connectivity index (χ0n) is 10.2. The van der Waals surface area contributed by atoms with Crippen molar-refractivity contribution in [3.8, 4) is 0 Å². The van der Waals surface area contributed by atoms with E-state index in [1.807, 2.05) is 0 Å². The fourth-order valence-corrected chi connectivity index (χ4v) is 1.44. The van der Waals surface area contributed by atoms with Crippen LogP contribution in [0.5, 0.6) is 0 Å². The van der Waals surface area contributed by atoms with E-state index >= 15 is 0 Å². The maximum atomic E-state index is 5.53. The average molecular weight is 218 g/mol. The number of hydrogen-bond acceptors (Lipinski definition) is 4. The standard InChI is InChI=1S/C11H26N2O2/c1-3-6-13(7-5-12)8-11-15-10-4-9-14-2/h3-12H2,1-2H3. The molecule has 0 aliphatic carbocycles. The summed E-state index contributed by atoms with van der Waals surface area (Å²) in [5, 5.41) is 0. The van der Waals surface area contributed by atoms with Gasteiger partial charge >= 0.3 is 0 Å². The summed E-state index contributed by atoms with van der Waals surface area (Å²) in [7, 11) is 1.71. The summed E-state index contributed by atoms with van der Waals surface area (Å²) in [5.74, 6) is 0. The Bertz CT molecular complexity index is 117. The lowest BCUT2D eigenvalue weighted by Gasteiger charge is -2.20. The van der Waals surface area contributed by atoms with Crippen LogP contribution < -0.4 is 5.73 Å². The lowest BCUT2D eigenvalue weighted by Crippen LogP contribution is -2.33. The largest absolute Gasteiger partial charge is 0.385 e.